The van der Waals surface area contributed by atoms with Crippen LogP contribution in [-0.4, -0.2) is 29.1 Å². The standard InChI is InChI=1S/C34H42N2O4/c1-2-3-4-5-6-7-29(37)12-8-24-11-15-32(39)33(23-24)40-19-17-25-10-14-31(38)28(20-25)22-26-9-13-30-27(21-26)16-18-36-34(30)35/h6-7,9-11,13-15,20-21,23,34,36,38-39H,2-5,8,12,16-19,22,35H2,1H3/t34-/m0/s1. The summed E-state index contributed by atoms with van der Waals surface area (Å²) in [5.74, 6) is 0.892. The van der Waals surface area contributed by atoms with Crippen molar-refractivity contribution >= 4 is 5.78 Å². The third-order valence-electron chi connectivity index (χ3n) is 7.45. The zero-order valence-corrected chi connectivity index (χ0v) is 23.5. The number of fused-ring (bicyclic) bond motifs is 1. The van der Waals surface area contributed by atoms with Gasteiger partial charge in [0.1, 0.15) is 5.75 Å². The molecule has 40 heavy (non-hydrogen) atoms. The van der Waals surface area contributed by atoms with Gasteiger partial charge in [-0.25, -0.2) is 0 Å². The fraction of sp³-hybridized carbons (Fsp3) is 0.382. The summed E-state index contributed by atoms with van der Waals surface area (Å²) in [6, 6.07) is 17.3. The number of carbonyl (C=O) groups excluding carboxylic acids is 1. The first-order valence-electron chi connectivity index (χ1n) is 14.5. The third-order valence-corrected chi connectivity index (χ3v) is 7.45. The van der Waals surface area contributed by atoms with Crippen LogP contribution in [0.1, 0.15) is 78.6 Å². The van der Waals surface area contributed by atoms with E-state index in [1.807, 2.05) is 30.3 Å². The minimum atomic E-state index is -0.126. The highest BCUT2D eigenvalue weighted by atomic mass is 16.5. The molecule has 0 amide bonds. The summed E-state index contributed by atoms with van der Waals surface area (Å²) in [4.78, 5) is 12.2. The van der Waals surface area contributed by atoms with Crippen LogP contribution in [0.5, 0.6) is 17.2 Å². The van der Waals surface area contributed by atoms with Crippen LogP contribution in [-0.2, 0) is 30.5 Å². The second-order valence-electron chi connectivity index (χ2n) is 10.6. The van der Waals surface area contributed by atoms with Crippen LogP contribution in [0.15, 0.2) is 66.7 Å². The molecule has 0 radical (unpaired) electrons. The Morgan fingerprint density at radius 2 is 1.77 bits per heavy atom. The summed E-state index contributed by atoms with van der Waals surface area (Å²) >= 11 is 0. The van der Waals surface area contributed by atoms with Gasteiger partial charge < -0.3 is 20.7 Å². The van der Waals surface area contributed by atoms with Gasteiger partial charge in [-0.15, -0.1) is 0 Å². The molecule has 6 heteroatoms. The maximum atomic E-state index is 12.2. The van der Waals surface area contributed by atoms with Gasteiger partial charge >= 0.3 is 0 Å². The van der Waals surface area contributed by atoms with E-state index in [2.05, 4.69) is 30.4 Å². The van der Waals surface area contributed by atoms with E-state index in [0.717, 1.165) is 53.6 Å². The molecule has 1 atom stereocenters. The largest absolute Gasteiger partial charge is 0.508 e. The summed E-state index contributed by atoms with van der Waals surface area (Å²) in [7, 11) is 0. The van der Waals surface area contributed by atoms with Crippen LogP contribution in [0.3, 0.4) is 0 Å². The minimum Gasteiger partial charge on any atom is -0.508 e. The Hall–Kier alpha value is -3.61. The second-order valence-corrected chi connectivity index (χ2v) is 10.6. The number of aryl methyl sites for hydroxylation is 1. The molecule has 0 spiro atoms. The number of phenols is 2. The molecule has 0 unspecified atom stereocenters. The first-order chi connectivity index (χ1) is 19.4. The lowest BCUT2D eigenvalue weighted by Gasteiger charge is -2.24. The summed E-state index contributed by atoms with van der Waals surface area (Å²) in [5.41, 5.74) is 12.6. The van der Waals surface area contributed by atoms with Crippen LogP contribution < -0.4 is 15.8 Å². The van der Waals surface area contributed by atoms with E-state index in [1.54, 1.807) is 18.2 Å². The number of phenolic OH excluding ortho intramolecular Hbond substituents is 2. The molecule has 0 fully saturated rings. The predicted octanol–water partition coefficient (Wildman–Crippen LogP) is 6.05. The van der Waals surface area contributed by atoms with Gasteiger partial charge in [-0.05, 0) is 83.3 Å². The van der Waals surface area contributed by atoms with Crippen LogP contribution in [0.25, 0.3) is 0 Å². The topological polar surface area (TPSA) is 105 Å². The average molecular weight is 543 g/mol. The highest BCUT2D eigenvalue weighted by Gasteiger charge is 2.16. The molecular weight excluding hydrogens is 500 g/mol. The summed E-state index contributed by atoms with van der Waals surface area (Å²) in [6.07, 6.45) is 11.2. The van der Waals surface area contributed by atoms with Crippen molar-refractivity contribution in [2.75, 3.05) is 13.2 Å². The Morgan fingerprint density at radius 3 is 2.60 bits per heavy atom. The third kappa shape index (κ3) is 8.44. The lowest BCUT2D eigenvalue weighted by atomic mass is 9.93. The van der Waals surface area contributed by atoms with Crippen molar-refractivity contribution in [1.82, 2.24) is 5.32 Å². The van der Waals surface area contributed by atoms with Crippen molar-refractivity contribution in [3.8, 4) is 17.2 Å². The number of benzene rings is 3. The molecule has 0 bridgehead atoms. The second kappa shape index (κ2) is 14.7. The van der Waals surface area contributed by atoms with Gasteiger partial charge in [0.15, 0.2) is 17.3 Å². The lowest BCUT2D eigenvalue weighted by molar-refractivity contribution is -0.114. The molecule has 6 nitrogen and oxygen atoms in total. The van der Waals surface area contributed by atoms with Gasteiger partial charge in [-0.3, -0.25) is 10.1 Å². The molecule has 1 heterocycles. The number of unbranched alkanes of at least 4 members (excludes halogenated alkanes) is 3. The molecule has 5 N–H and O–H groups in total. The molecule has 212 valence electrons. The number of ether oxygens (including phenoxy) is 1. The zero-order valence-electron chi connectivity index (χ0n) is 23.5. The van der Waals surface area contributed by atoms with E-state index in [9.17, 15) is 15.0 Å². The van der Waals surface area contributed by atoms with E-state index in [-0.39, 0.29) is 23.4 Å². The van der Waals surface area contributed by atoms with E-state index >= 15 is 0 Å². The molecule has 0 aromatic heterocycles. The monoisotopic (exact) mass is 542 g/mol. The van der Waals surface area contributed by atoms with Crippen molar-refractivity contribution in [3.63, 3.8) is 0 Å². The number of carbonyl (C=O) groups is 1. The predicted molar refractivity (Wildman–Crippen MR) is 160 cm³/mol. The van der Waals surface area contributed by atoms with Gasteiger partial charge in [0, 0.05) is 25.8 Å². The molecule has 0 aliphatic carbocycles. The Kier molecular flexibility index (Phi) is 10.8. The summed E-state index contributed by atoms with van der Waals surface area (Å²) in [5, 5.41) is 24.1. The van der Waals surface area contributed by atoms with Gasteiger partial charge in [-0.1, -0.05) is 62.2 Å². The number of allylic oxidation sites excluding steroid dienone is 2. The fourth-order valence-corrected chi connectivity index (χ4v) is 5.10. The van der Waals surface area contributed by atoms with Gasteiger partial charge in [-0.2, -0.15) is 0 Å². The van der Waals surface area contributed by atoms with E-state index in [0.29, 0.717) is 38.0 Å². The van der Waals surface area contributed by atoms with Crippen molar-refractivity contribution in [3.05, 3.63) is 100 Å². The van der Waals surface area contributed by atoms with Crippen LogP contribution in [0.2, 0.25) is 0 Å². The first-order valence-corrected chi connectivity index (χ1v) is 14.5. The van der Waals surface area contributed by atoms with Gasteiger partial charge in [0.25, 0.3) is 0 Å². The van der Waals surface area contributed by atoms with Crippen LogP contribution in [0, 0.1) is 0 Å². The summed E-state index contributed by atoms with van der Waals surface area (Å²) < 4.78 is 5.92. The normalized spacial score (nSPS) is 14.8. The molecule has 3 aromatic carbocycles. The number of nitrogens with one attached hydrogen (secondary N) is 1. The van der Waals surface area contributed by atoms with Crippen LogP contribution in [0.4, 0.5) is 0 Å². The van der Waals surface area contributed by atoms with Gasteiger partial charge in [0.05, 0.1) is 12.8 Å². The quantitative estimate of drug-likeness (QED) is 0.146. The first kappa shape index (κ1) is 29.4. The molecule has 0 saturated carbocycles. The molecule has 0 saturated heterocycles. The Labute approximate surface area is 237 Å². The SMILES string of the molecule is CCCCCC=CC(=O)CCc1ccc(O)c(OCCc2ccc(O)c(Cc3ccc4c(c3)CCN[C@@H]4N)c2)c1. The molecule has 1 aliphatic rings. The summed E-state index contributed by atoms with van der Waals surface area (Å²) in [6.45, 7) is 3.41. The van der Waals surface area contributed by atoms with Crippen molar-refractivity contribution in [2.45, 2.75) is 70.9 Å². The lowest BCUT2D eigenvalue weighted by Crippen LogP contribution is -2.35. The highest BCUT2D eigenvalue weighted by Crippen LogP contribution is 2.29. The van der Waals surface area contributed by atoms with Crippen LogP contribution >= 0.6 is 0 Å². The highest BCUT2D eigenvalue weighted by molar-refractivity contribution is 5.89. The fourth-order valence-electron chi connectivity index (χ4n) is 5.10. The zero-order chi connectivity index (χ0) is 28.3. The Balaban J connectivity index is 1.30. The van der Waals surface area contributed by atoms with Crippen molar-refractivity contribution in [2.24, 2.45) is 5.73 Å². The smallest absolute Gasteiger partial charge is 0.161 e. The Bertz CT molecular complexity index is 1320. The molecule has 4 rings (SSSR count). The molecular formula is C34H42N2O4. The number of ketones is 1. The van der Waals surface area contributed by atoms with E-state index in [1.165, 1.54) is 18.4 Å². The van der Waals surface area contributed by atoms with E-state index in [4.69, 9.17) is 10.5 Å². The van der Waals surface area contributed by atoms with Gasteiger partial charge in [0.2, 0.25) is 0 Å². The molecule has 3 aromatic rings. The van der Waals surface area contributed by atoms with E-state index < -0.39 is 0 Å². The average Bonchev–Trinajstić information content (AvgIpc) is 2.95. The molecule has 1 aliphatic heterocycles. The maximum absolute atomic E-state index is 12.2. The minimum absolute atomic E-state index is 0.0830. The number of rotatable bonds is 14. The Morgan fingerprint density at radius 1 is 1.00 bits per heavy atom. The van der Waals surface area contributed by atoms with Crippen molar-refractivity contribution in [1.29, 1.82) is 0 Å². The number of aromatic hydroxyl groups is 2. The number of hydrogen-bond donors (Lipinski definition) is 4. The van der Waals surface area contributed by atoms with Crippen molar-refractivity contribution < 1.29 is 19.7 Å². The number of hydrogen-bond acceptors (Lipinski definition) is 6. The maximum Gasteiger partial charge on any atom is 0.161 e. The number of nitrogens with two attached hydrogens (primary N) is 1.